The summed E-state index contributed by atoms with van der Waals surface area (Å²) in [5.74, 6) is 2.72. The Balaban J connectivity index is 1.14. The van der Waals surface area contributed by atoms with E-state index in [9.17, 15) is 0 Å². The van der Waals surface area contributed by atoms with E-state index in [4.69, 9.17) is 18.3 Å². The molecule has 0 N–H and O–H groups in total. The van der Waals surface area contributed by atoms with E-state index in [0.29, 0.717) is 23.0 Å². The molecule has 7 heteroatoms. The molecule has 0 fully saturated rings. The van der Waals surface area contributed by atoms with Crippen molar-refractivity contribution in [2.75, 3.05) is 9.71 Å². The monoisotopic (exact) mass is 962 g/mol. The average molecular weight is 963 g/mol. The number of ether oxygens (including phenoxy) is 2. The first-order valence-corrected chi connectivity index (χ1v) is 26.2. The van der Waals surface area contributed by atoms with Crippen molar-refractivity contribution in [2.45, 2.75) is 84.5 Å². The topological polar surface area (TPSA) is 51.2 Å². The summed E-state index contributed by atoms with van der Waals surface area (Å²) in [5, 5.41) is 4.31. The lowest BCUT2D eigenvalue weighted by atomic mass is 9.43. The van der Waals surface area contributed by atoms with Gasteiger partial charge in [-0.25, -0.2) is 0 Å². The van der Waals surface area contributed by atoms with Gasteiger partial charge in [-0.05, 0) is 147 Å². The molecule has 0 saturated carbocycles. The van der Waals surface area contributed by atoms with Gasteiger partial charge in [-0.1, -0.05) is 139 Å². The molecule has 0 radical (unpaired) electrons. The highest BCUT2D eigenvalue weighted by molar-refractivity contribution is 6.94. The maximum Gasteiger partial charge on any atom is 0.333 e. The second-order valence-corrected chi connectivity index (χ2v) is 23.5. The van der Waals surface area contributed by atoms with Gasteiger partial charge in [-0.3, -0.25) is 0 Å². The van der Waals surface area contributed by atoms with E-state index >= 15 is 0 Å². The molecule has 4 aliphatic rings. The third-order valence-corrected chi connectivity index (χ3v) is 17.0. The van der Waals surface area contributed by atoms with Crippen LogP contribution in [0.4, 0.5) is 28.4 Å². The van der Waals surface area contributed by atoms with Crippen LogP contribution in [0.5, 0.6) is 23.0 Å². The molecule has 0 bridgehead atoms. The quantitative estimate of drug-likeness (QED) is 0.164. The van der Waals surface area contributed by atoms with Crippen LogP contribution < -0.4 is 30.1 Å². The molecule has 15 rings (SSSR count). The number of fused-ring (bicyclic) bond motifs is 15. The van der Waals surface area contributed by atoms with Gasteiger partial charge in [0, 0.05) is 61.5 Å². The fourth-order valence-corrected chi connectivity index (χ4v) is 13.0. The van der Waals surface area contributed by atoms with Gasteiger partial charge in [0.2, 0.25) is 0 Å². The molecule has 9 aromatic carbocycles. The zero-order valence-electron chi connectivity index (χ0n) is 43.1. The van der Waals surface area contributed by atoms with Crippen LogP contribution in [-0.4, -0.2) is 6.85 Å². The van der Waals surface area contributed by atoms with Crippen LogP contribution in [0.2, 0.25) is 0 Å². The lowest BCUT2D eigenvalue weighted by Crippen LogP contribution is -2.61. The van der Waals surface area contributed by atoms with E-state index in [2.05, 4.69) is 205 Å². The molecule has 0 spiro atoms. The minimum absolute atomic E-state index is 0.0244. The van der Waals surface area contributed by atoms with Gasteiger partial charge in [0.05, 0.1) is 5.69 Å². The summed E-state index contributed by atoms with van der Waals surface area (Å²) in [6, 6.07) is 59.4. The number of furan rings is 2. The Morgan fingerprint density at radius 1 is 0.514 bits per heavy atom. The standard InChI is InChI=1S/C67H55BN2O4/c1-38-32-46-47(67(7,8)31-30-66(46,5)6)35-51(38)69-52-37-59-58(72-55-24-16-17-25-56(55)73-59)36-48(52)68-62-45(34-44-41-20-12-14-22-53(41)74-64(44)63(62)69)60-50(28-29-57-61(60)42-21-13-15-23-54(42)71-57)70(68)49-27-26-40(65(2,3)4)33-43(49)39-18-10-9-11-19-39/h9-29,32-37H,30-31H2,1-8H3. The van der Waals surface area contributed by atoms with Gasteiger partial charge in [0.25, 0.3) is 0 Å². The summed E-state index contributed by atoms with van der Waals surface area (Å²) in [6.07, 6.45) is 2.23. The second-order valence-electron chi connectivity index (χ2n) is 23.5. The highest BCUT2D eigenvalue weighted by Crippen LogP contribution is 2.58. The van der Waals surface area contributed by atoms with Crippen LogP contribution >= 0.6 is 0 Å². The highest BCUT2D eigenvalue weighted by Gasteiger charge is 2.50. The van der Waals surface area contributed by atoms with E-state index < -0.39 is 0 Å². The number of anilines is 5. The maximum atomic E-state index is 7.36. The Labute approximate surface area is 431 Å². The number of nitrogens with zero attached hydrogens (tertiary/aromatic N) is 2. The number of aryl methyl sites for hydroxylation is 1. The van der Waals surface area contributed by atoms with Gasteiger partial charge in [0.1, 0.15) is 16.7 Å². The van der Waals surface area contributed by atoms with E-state index in [-0.39, 0.29) is 23.1 Å². The van der Waals surface area contributed by atoms with Crippen LogP contribution in [0.3, 0.4) is 0 Å². The largest absolute Gasteiger partial charge is 0.456 e. The molecule has 0 amide bonds. The molecule has 0 saturated heterocycles. The Bertz CT molecular complexity index is 4230. The Kier molecular flexibility index (Phi) is 8.79. The van der Waals surface area contributed by atoms with Gasteiger partial charge in [-0.2, -0.15) is 0 Å². The molecule has 3 aliphatic heterocycles. The summed E-state index contributed by atoms with van der Waals surface area (Å²) in [7, 11) is 0. The molecular weight excluding hydrogens is 908 g/mol. The van der Waals surface area contributed by atoms with Crippen LogP contribution in [0.25, 0.3) is 66.1 Å². The van der Waals surface area contributed by atoms with Crippen molar-refractivity contribution < 1.29 is 18.3 Å². The second kappa shape index (κ2) is 15.0. The number of hydrogen-bond acceptors (Lipinski definition) is 6. The number of para-hydroxylation sites is 4. The first-order valence-electron chi connectivity index (χ1n) is 26.2. The van der Waals surface area contributed by atoms with Gasteiger partial charge in [-0.15, -0.1) is 0 Å². The minimum atomic E-state index is -0.380. The zero-order chi connectivity index (χ0) is 50.2. The average Bonchev–Trinajstić information content (AvgIpc) is 3.99. The van der Waals surface area contributed by atoms with Crippen LogP contribution in [0.15, 0.2) is 173 Å². The third-order valence-electron chi connectivity index (χ3n) is 17.0. The van der Waals surface area contributed by atoms with Gasteiger partial charge >= 0.3 is 6.85 Å². The van der Waals surface area contributed by atoms with Crippen LogP contribution in [0.1, 0.15) is 83.6 Å². The van der Waals surface area contributed by atoms with Gasteiger partial charge in [0.15, 0.2) is 28.6 Å². The van der Waals surface area contributed by atoms with Crippen molar-refractivity contribution in [1.82, 2.24) is 0 Å². The predicted octanol–water partition coefficient (Wildman–Crippen LogP) is 17.7. The molecule has 0 unspecified atom stereocenters. The molecule has 360 valence electrons. The van der Waals surface area contributed by atoms with Crippen molar-refractivity contribution in [2.24, 2.45) is 0 Å². The number of benzene rings is 9. The molecular formula is C67H55BN2O4. The van der Waals surface area contributed by atoms with Crippen molar-refractivity contribution in [1.29, 1.82) is 0 Å². The van der Waals surface area contributed by atoms with Crippen molar-refractivity contribution in [3.8, 4) is 45.3 Å². The van der Waals surface area contributed by atoms with E-state index in [1.54, 1.807) is 0 Å². The van der Waals surface area contributed by atoms with Crippen LogP contribution in [-0.2, 0) is 16.2 Å². The number of hydrogen-bond donors (Lipinski definition) is 0. The van der Waals surface area contributed by atoms with E-state index in [0.717, 1.165) is 118 Å². The Morgan fingerprint density at radius 2 is 1.15 bits per heavy atom. The fraction of sp³-hybridized carbons (Fsp3) is 0.194. The first-order chi connectivity index (χ1) is 35.7. The van der Waals surface area contributed by atoms with Crippen molar-refractivity contribution in [3.63, 3.8) is 0 Å². The maximum absolute atomic E-state index is 7.36. The Morgan fingerprint density at radius 3 is 1.88 bits per heavy atom. The van der Waals surface area contributed by atoms with E-state index in [1.807, 2.05) is 24.3 Å². The predicted molar refractivity (Wildman–Crippen MR) is 305 cm³/mol. The normalized spacial score (nSPS) is 15.8. The smallest absolute Gasteiger partial charge is 0.333 e. The molecule has 2 aromatic heterocycles. The minimum Gasteiger partial charge on any atom is -0.456 e. The van der Waals surface area contributed by atoms with Crippen LogP contribution in [0, 0.1) is 6.92 Å². The highest BCUT2D eigenvalue weighted by atomic mass is 16.6. The fourth-order valence-electron chi connectivity index (χ4n) is 13.0. The molecule has 11 aromatic rings. The van der Waals surface area contributed by atoms with Crippen molar-refractivity contribution in [3.05, 3.63) is 186 Å². The summed E-state index contributed by atoms with van der Waals surface area (Å²) in [5.41, 5.74) is 20.7. The summed E-state index contributed by atoms with van der Waals surface area (Å²) in [4.78, 5) is 5.15. The molecule has 1 aliphatic carbocycles. The summed E-state index contributed by atoms with van der Waals surface area (Å²) < 4.78 is 28.0. The first kappa shape index (κ1) is 43.4. The number of rotatable bonds is 3. The summed E-state index contributed by atoms with van der Waals surface area (Å²) in [6.45, 7) is 18.5. The van der Waals surface area contributed by atoms with Gasteiger partial charge < -0.3 is 28.0 Å². The molecule has 0 atom stereocenters. The Hall–Kier alpha value is -8.16. The lowest BCUT2D eigenvalue weighted by molar-refractivity contribution is 0.332. The van der Waals surface area contributed by atoms with Crippen molar-refractivity contribution >= 4 is 90.1 Å². The molecule has 74 heavy (non-hydrogen) atoms. The third kappa shape index (κ3) is 6.07. The summed E-state index contributed by atoms with van der Waals surface area (Å²) >= 11 is 0. The SMILES string of the molecule is Cc1cc2c(cc1N1c3cc4c(cc3B3c5c(cc6c(oc7ccccc76)c51)-c1c(ccc5oc6ccccc6c15)N3c1ccc(C(C)(C)C)cc1-c1ccccc1)Oc1ccccc1O4)C(C)(C)CCC2(C)C. The molecule has 6 nitrogen and oxygen atoms in total. The van der Waals surface area contributed by atoms with E-state index in [1.165, 1.54) is 22.3 Å². The zero-order valence-corrected chi connectivity index (χ0v) is 43.1. The lowest BCUT2D eigenvalue weighted by Gasteiger charge is -2.47. The molecule has 5 heterocycles.